The molecule has 8 heteroatoms. The van der Waals surface area contributed by atoms with E-state index in [0.29, 0.717) is 30.7 Å². The van der Waals surface area contributed by atoms with Crippen LogP contribution in [-0.2, 0) is 20.9 Å². The first-order valence-electron chi connectivity index (χ1n) is 11.7. The number of methoxy groups -OCH3 is 1. The molecule has 3 heterocycles. The van der Waals surface area contributed by atoms with Crippen molar-refractivity contribution in [2.24, 2.45) is 0 Å². The third-order valence-electron chi connectivity index (χ3n) is 7.38. The maximum atomic E-state index is 12.9. The summed E-state index contributed by atoms with van der Waals surface area (Å²) in [5.74, 6) is -0.0332. The van der Waals surface area contributed by atoms with E-state index >= 15 is 0 Å². The number of rotatable bonds is 5. The van der Waals surface area contributed by atoms with Crippen LogP contribution in [0.1, 0.15) is 60.9 Å². The summed E-state index contributed by atoms with van der Waals surface area (Å²) >= 11 is 0. The molecular formula is C24H31N3O5. The third kappa shape index (κ3) is 4.01. The van der Waals surface area contributed by atoms with Gasteiger partial charge in [0.25, 0.3) is 5.91 Å². The van der Waals surface area contributed by atoms with E-state index in [1.807, 2.05) is 18.2 Å². The zero-order valence-electron chi connectivity index (χ0n) is 18.5. The first-order valence-corrected chi connectivity index (χ1v) is 11.7. The van der Waals surface area contributed by atoms with Crippen LogP contribution in [0.2, 0.25) is 0 Å². The lowest BCUT2D eigenvalue weighted by Crippen LogP contribution is -2.59. The molecule has 3 atom stereocenters. The average Bonchev–Trinajstić information content (AvgIpc) is 2.90. The molecule has 8 nitrogen and oxygen atoms in total. The van der Waals surface area contributed by atoms with Gasteiger partial charge in [0.1, 0.15) is 17.9 Å². The van der Waals surface area contributed by atoms with Crippen LogP contribution in [-0.4, -0.2) is 72.0 Å². The molecule has 0 aromatic heterocycles. The maximum absolute atomic E-state index is 12.9. The number of nitrogens with zero attached hydrogens (tertiary/aromatic N) is 2. The summed E-state index contributed by atoms with van der Waals surface area (Å²) in [6, 6.07) is 5.44. The average molecular weight is 442 g/mol. The number of amides is 3. The highest BCUT2D eigenvalue weighted by molar-refractivity contribution is 6.05. The third-order valence-corrected chi connectivity index (χ3v) is 7.38. The Morgan fingerprint density at radius 3 is 2.62 bits per heavy atom. The van der Waals surface area contributed by atoms with Gasteiger partial charge in [-0.25, -0.2) is 0 Å². The van der Waals surface area contributed by atoms with Crippen LogP contribution in [0.5, 0.6) is 5.75 Å². The summed E-state index contributed by atoms with van der Waals surface area (Å²) in [5, 5.41) is 2.35. The second kappa shape index (κ2) is 8.83. The van der Waals surface area contributed by atoms with Crippen LogP contribution in [0.3, 0.4) is 0 Å². The van der Waals surface area contributed by atoms with Crippen LogP contribution in [0, 0.1) is 0 Å². The van der Waals surface area contributed by atoms with Crippen molar-refractivity contribution in [1.29, 1.82) is 0 Å². The number of nitrogens with one attached hydrogen (secondary N) is 1. The zero-order valence-corrected chi connectivity index (χ0v) is 18.5. The number of likely N-dealkylation sites (tertiary alicyclic amines) is 1. The number of hydrogen-bond donors (Lipinski definition) is 1. The second-order valence-corrected chi connectivity index (χ2v) is 9.39. The predicted molar refractivity (Wildman–Crippen MR) is 116 cm³/mol. The van der Waals surface area contributed by atoms with Gasteiger partial charge in [0.2, 0.25) is 11.8 Å². The van der Waals surface area contributed by atoms with E-state index in [4.69, 9.17) is 9.47 Å². The fourth-order valence-corrected chi connectivity index (χ4v) is 5.50. The van der Waals surface area contributed by atoms with Crippen molar-refractivity contribution in [2.75, 3.05) is 20.2 Å². The van der Waals surface area contributed by atoms with E-state index in [-0.39, 0.29) is 30.2 Å². The number of carbonyl (C=O) groups excluding carboxylic acids is 3. The Morgan fingerprint density at radius 2 is 1.84 bits per heavy atom. The van der Waals surface area contributed by atoms with Gasteiger partial charge in [0, 0.05) is 44.8 Å². The molecule has 0 spiro atoms. The molecule has 1 saturated carbocycles. The van der Waals surface area contributed by atoms with Gasteiger partial charge in [-0.3, -0.25) is 24.6 Å². The first-order chi connectivity index (χ1) is 15.5. The van der Waals surface area contributed by atoms with Crippen LogP contribution in [0.25, 0.3) is 0 Å². The molecule has 3 aliphatic heterocycles. The molecule has 3 fully saturated rings. The Bertz CT molecular complexity index is 913. The van der Waals surface area contributed by atoms with Crippen LogP contribution in [0.4, 0.5) is 0 Å². The van der Waals surface area contributed by atoms with Gasteiger partial charge in [0.15, 0.2) is 0 Å². The Balaban J connectivity index is 1.29. The highest BCUT2D eigenvalue weighted by Crippen LogP contribution is 2.33. The summed E-state index contributed by atoms with van der Waals surface area (Å²) < 4.78 is 12.0. The summed E-state index contributed by atoms with van der Waals surface area (Å²) in [6.07, 6.45) is 6.85. The molecule has 0 radical (unpaired) electrons. The summed E-state index contributed by atoms with van der Waals surface area (Å²) in [7, 11) is 1.77. The molecule has 1 aromatic rings. The van der Waals surface area contributed by atoms with Crippen molar-refractivity contribution in [3.63, 3.8) is 0 Å². The zero-order chi connectivity index (χ0) is 22.2. The molecule has 0 bridgehead atoms. The normalized spacial score (nSPS) is 29.3. The fourth-order valence-electron chi connectivity index (χ4n) is 5.50. The van der Waals surface area contributed by atoms with Gasteiger partial charge in [-0.2, -0.15) is 0 Å². The number of carbonyl (C=O) groups is 3. The van der Waals surface area contributed by atoms with Crippen molar-refractivity contribution >= 4 is 17.7 Å². The SMILES string of the molecule is COC1CN(C2CCCCCC2Oc2ccc3c(c2)CN(C2CCC(=O)NC2=O)C3=O)C1. The Labute approximate surface area is 188 Å². The van der Waals surface area contributed by atoms with Crippen molar-refractivity contribution in [1.82, 2.24) is 15.1 Å². The lowest BCUT2D eigenvalue weighted by atomic mass is 9.98. The fraction of sp³-hybridized carbons (Fsp3) is 0.625. The smallest absolute Gasteiger partial charge is 0.255 e. The summed E-state index contributed by atoms with van der Waals surface area (Å²) in [4.78, 5) is 40.7. The summed E-state index contributed by atoms with van der Waals surface area (Å²) in [5.41, 5.74) is 1.50. The molecule has 1 aromatic carbocycles. The molecule has 1 aliphatic carbocycles. The molecular weight excluding hydrogens is 410 g/mol. The molecule has 5 rings (SSSR count). The Kier molecular flexibility index (Phi) is 5.90. The monoisotopic (exact) mass is 441 g/mol. The van der Waals surface area contributed by atoms with Crippen LogP contribution in [0.15, 0.2) is 18.2 Å². The van der Waals surface area contributed by atoms with Gasteiger partial charge in [0.05, 0.1) is 6.10 Å². The standard InChI is InChI=1S/C24H31N3O5/c1-31-17-13-26(14-17)19-5-3-2-4-6-21(19)32-16-7-8-18-15(11-16)12-27(24(18)30)20-9-10-22(28)25-23(20)29/h7-8,11,17,19-21H,2-6,9-10,12-14H2,1H3,(H,25,28,29). The predicted octanol–water partition coefficient (Wildman–Crippen LogP) is 1.86. The first kappa shape index (κ1) is 21.4. The Morgan fingerprint density at radius 1 is 1.03 bits per heavy atom. The quantitative estimate of drug-likeness (QED) is 0.554. The van der Waals surface area contributed by atoms with Crippen LogP contribution >= 0.6 is 0 Å². The van der Waals surface area contributed by atoms with Crippen LogP contribution < -0.4 is 10.1 Å². The second-order valence-electron chi connectivity index (χ2n) is 9.39. The van der Waals surface area contributed by atoms with Crippen molar-refractivity contribution in [2.45, 2.75) is 75.8 Å². The number of piperidine rings is 1. The number of imide groups is 1. The van der Waals surface area contributed by atoms with Crippen molar-refractivity contribution in [3.05, 3.63) is 29.3 Å². The van der Waals surface area contributed by atoms with E-state index in [2.05, 4.69) is 10.2 Å². The van der Waals surface area contributed by atoms with Gasteiger partial charge in [-0.1, -0.05) is 12.8 Å². The van der Waals surface area contributed by atoms with Gasteiger partial charge >= 0.3 is 0 Å². The van der Waals surface area contributed by atoms with Gasteiger partial charge < -0.3 is 14.4 Å². The molecule has 32 heavy (non-hydrogen) atoms. The molecule has 3 unspecified atom stereocenters. The maximum Gasteiger partial charge on any atom is 0.255 e. The number of fused-ring (bicyclic) bond motifs is 1. The van der Waals surface area contributed by atoms with Crippen molar-refractivity contribution in [3.8, 4) is 5.75 Å². The number of hydrogen-bond acceptors (Lipinski definition) is 6. The van der Waals surface area contributed by atoms with E-state index in [9.17, 15) is 14.4 Å². The summed E-state index contributed by atoms with van der Waals surface area (Å²) in [6.45, 7) is 2.29. The van der Waals surface area contributed by atoms with E-state index in [1.54, 1.807) is 12.0 Å². The number of ether oxygens (including phenoxy) is 2. The number of benzene rings is 1. The molecule has 4 aliphatic rings. The Hall–Kier alpha value is -2.45. The lowest BCUT2D eigenvalue weighted by molar-refractivity contribution is -0.136. The van der Waals surface area contributed by atoms with Gasteiger partial charge in [-0.05, 0) is 49.4 Å². The van der Waals surface area contributed by atoms with E-state index in [1.165, 1.54) is 12.8 Å². The largest absolute Gasteiger partial charge is 0.489 e. The minimum absolute atomic E-state index is 0.122. The molecule has 172 valence electrons. The minimum Gasteiger partial charge on any atom is -0.489 e. The highest BCUT2D eigenvalue weighted by Gasteiger charge is 2.40. The molecule has 2 saturated heterocycles. The minimum atomic E-state index is -0.594. The van der Waals surface area contributed by atoms with E-state index in [0.717, 1.165) is 43.7 Å². The topological polar surface area (TPSA) is 88.2 Å². The van der Waals surface area contributed by atoms with E-state index < -0.39 is 6.04 Å². The van der Waals surface area contributed by atoms with Crippen molar-refractivity contribution < 1.29 is 23.9 Å². The lowest BCUT2D eigenvalue weighted by Gasteiger charge is -2.45. The molecule has 1 N–H and O–H groups in total. The van der Waals surface area contributed by atoms with Gasteiger partial charge in [-0.15, -0.1) is 0 Å². The highest BCUT2D eigenvalue weighted by atomic mass is 16.5. The molecule has 3 amide bonds.